The van der Waals surface area contributed by atoms with Gasteiger partial charge in [0.15, 0.2) is 11.6 Å². The summed E-state index contributed by atoms with van der Waals surface area (Å²) in [6.07, 6.45) is -0.126. The summed E-state index contributed by atoms with van der Waals surface area (Å²) in [5.41, 5.74) is 5.03. The van der Waals surface area contributed by atoms with Crippen LogP contribution in [-0.2, 0) is 9.30 Å². The van der Waals surface area contributed by atoms with Crippen molar-refractivity contribution in [3.8, 4) is 0 Å². The first kappa shape index (κ1) is 17.4. The van der Waals surface area contributed by atoms with E-state index >= 15 is 0 Å². The van der Waals surface area contributed by atoms with Crippen molar-refractivity contribution in [1.82, 2.24) is 19.7 Å². The predicted molar refractivity (Wildman–Crippen MR) is 77.5 cm³/mol. The topological polar surface area (TPSA) is 186 Å². The maximum absolute atomic E-state index is 11.6. The number of nitrogens with one attached hydrogen (secondary N) is 1. The van der Waals surface area contributed by atoms with Crippen molar-refractivity contribution >= 4 is 24.7 Å². The highest BCUT2D eigenvalue weighted by Crippen LogP contribution is 2.33. The quantitative estimate of drug-likeness (QED) is 0.264. The van der Waals surface area contributed by atoms with Gasteiger partial charge >= 0.3 is 7.60 Å². The first-order valence-corrected chi connectivity index (χ1v) is 8.23. The van der Waals surface area contributed by atoms with Gasteiger partial charge in [-0.2, -0.15) is 9.71 Å². The molecule has 2 heterocycles. The Morgan fingerprint density at radius 2 is 2.22 bits per heavy atom. The molecule has 0 aromatic carbocycles. The number of nitrogen functional groups attached to an aromatic ring is 1. The largest absolute Gasteiger partial charge is 0.405 e. The molecule has 0 aliphatic rings. The molecule has 13 heteroatoms. The van der Waals surface area contributed by atoms with E-state index in [1.54, 1.807) is 0 Å². The Hall–Kier alpha value is -1.98. The highest BCUT2D eigenvalue weighted by atomic mass is 31.2. The Bertz CT molecular complexity index is 769. The van der Waals surface area contributed by atoms with Gasteiger partial charge in [0.1, 0.15) is 12.7 Å². The number of aromatic nitrogens is 4. The van der Waals surface area contributed by atoms with Crippen LogP contribution in [0.2, 0.25) is 0 Å². The van der Waals surface area contributed by atoms with Crippen molar-refractivity contribution in [3.05, 3.63) is 16.7 Å². The molecule has 23 heavy (non-hydrogen) atoms. The van der Waals surface area contributed by atoms with E-state index in [4.69, 9.17) is 25.1 Å². The molecule has 0 saturated heterocycles. The van der Waals surface area contributed by atoms with Crippen LogP contribution in [0, 0.1) is 0 Å². The van der Waals surface area contributed by atoms with Crippen LogP contribution in [0.5, 0.6) is 0 Å². The minimum Gasteiger partial charge on any atom is -0.405 e. The molecule has 2 aromatic rings. The number of hydrogen-bond acceptors (Lipinski definition) is 8. The Labute approximate surface area is 129 Å². The van der Waals surface area contributed by atoms with Gasteiger partial charge in [-0.05, 0) is 0 Å². The summed E-state index contributed by atoms with van der Waals surface area (Å²) in [5.74, 6) is -0.113. The number of H-pyrrole nitrogens is 1. The molecular weight excluding hydrogens is 333 g/mol. The summed E-state index contributed by atoms with van der Waals surface area (Å²) < 4.78 is 16.5. The van der Waals surface area contributed by atoms with Crippen molar-refractivity contribution in [2.75, 3.05) is 25.3 Å². The number of aliphatic hydroxyl groups is 1. The number of hydrogen-bond donors (Lipinski definition) is 5. The van der Waals surface area contributed by atoms with Crippen LogP contribution < -0.4 is 16.1 Å². The second kappa shape index (κ2) is 7.06. The zero-order valence-electron chi connectivity index (χ0n) is 11.8. The lowest BCUT2D eigenvalue weighted by Gasteiger charge is -2.16. The number of anilines is 1. The van der Waals surface area contributed by atoms with Gasteiger partial charge in [-0.15, -0.1) is 0 Å². The second-order valence-corrected chi connectivity index (χ2v) is 6.18. The SMILES string of the molecule is Nc1nc2c(ncn2OC(CO)CCOCP(=O)(O)O)c(=O)[nH]1. The minimum atomic E-state index is -4.24. The van der Waals surface area contributed by atoms with Gasteiger partial charge in [-0.25, -0.2) is 4.98 Å². The van der Waals surface area contributed by atoms with Gasteiger partial charge in [-0.1, -0.05) is 0 Å². The molecular formula is C10H16N5O7P. The van der Waals surface area contributed by atoms with Crippen LogP contribution in [-0.4, -0.2) is 60.2 Å². The number of fused-ring (bicyclic) bond motifs is 1. The first-order chi connectivity index (χ1) is 10.8. The van der Waals surface area contributed by atoms with Gasteiger partial charge in [0.25, 0.3) is 5.56 Å². The molecule has 2 rings (SSSR count). The third kappa shape index (κ3) is 4.74. The molecule has 1 unspecified atom stereocenters. The Kier molecular flexibility index (Phi) is 5.34. The number of aliphatic hydroxyl groups excluding tert-OH is 1. The molecule has 0 aliphatic heterocycles. The minimum absolute atomic E-state index is 0.0219. The molecule has 0 bridgehead atoms. The molecule has 0 radical (unpaired) electrons. The molecule has 0 amide bonds. The van der Waals surface area contributed by atoms with E-state index in [2.05, 4.69) is 15.0 Å². The fraction of sp³-hybridized carbons (Fsp3) is 0.500. The maximum atomic E-state index is 11.6. The van der Waals surface area contributed by atoms with E-state index in [0.717, 1.165) is 4.73 Å². The van der Waals surface area contributed by atoms with Crippen LogP contribution >= 0.6 is 7.60 Å². The van der Waals surface area contributed by atoms with Gasteiger partial charge in [-0.3, -0.25) is 14.3 Å². The van der Waals surface area contributed by atoms with E-state index in [9.17, 15) is 14.5 Å². The number of nitrogens with two attached hydrogens (primary N) is 1. The summed E-state index contributed by atoms with van der Waals surface area (Å²) in [6, 6.07) is 0. The fourth-order valence-corrected chi connectivity index (χ4v) is 2.09. The molecule has 0 spiro atoms. The zero-order chi connectivity index (χ0) is 17.0. The number of ether oxygens (including phenoxy) is 1. The van der Waals surface area contributed by atoms with Crippen LogP contribution in [0.1, 0.15) is 6.42 Å². The molecule has 0 saturated carbocycles. The van der Waals surface area contributed by atoms with Crippen LogP contribution in [0.15, 0.2) is 11.1 Å². The van der Waals surface area contributed by atoms with Crippen LogP contribution in [0.3, 0.4) is 0 Å². The maximum Gasteiger partial charge on any atom is 0.350 e. The summed E-state index contributed by atoms with van der Waals surface area (Å²) in [4.78, 5) is 44.4. The van der Waals surface area contributed by atoms with Gasteiger partial charge < -0.3 is 30.2 Å². The van der Waals surface area contributed by atoms with E-state index in [1.807, 2.05) is 0 Å². The van der Waals surface area contributed by atoms with Crippen molar-refractivity contribution in [1.29, 1.82) is 0 Å². The lowest BCUT2D eigenvalue weighted by atomic mass is 10.3. The first-order valence-electron chi connectivity index (χ1n) is 6.43. The molecule has 2 aromatic heterocycles. The fourth-order valence-electron chi connectivity index (χ4n) is 1.72. The second-order valence-electron chi connectivity index (χ2n) is 4.59. The molecule has 6 N–H and O–H groups in total. The zero-order valence-corrected chi connectivity index (χ0v) is 12.7. The van der Waals surface area contributed by atoms with Crippen LogP contribution in [0.25, 0.3) is 11.2 Å². The highest BCUT2D eigenvalue weighted by Gasteiger charge is 2.17. The Balaban J connectivity index is 2.02. The number of rotatable bonds is 8. The third-order valence-corrected chi connectivity index (χ3v) is 3.22. The smallest absolute Gasteiger partial charge is 0.350 e. The Morgan fingerprint density at radius 1 is 1.48 bits per heavy atom. The predicted octanol–water partition coefficient (Wildman–Crippen LogP) is -1.97. The summed E-state index contributed by atoms with van der Waals surface area (Å²) in [6.45, 7) is -0.434. The normalized spacial score (nSPS) is 13.3. The van der Waals surface area contributed by atoms with Crippen molar-refractivity contribution in [2.24, 2.45) is 0 Å². The van der Waals surface area contributed by atoms with Crippen molar-refractivity contribution in [2.45, 2.75) is 12.5 Å². The Morgan fingerprint density at radius 3 is 2.87 bits per heavy atom. The van der Waals surface area contributed by atoms with E-state index in [-0.39, 0.29) is 30.1 Å². The molecule has 12 nitrogen and oxygen atoms in total. The van der Waals surface area contributed by atoms with Crippen LogP contribution in [0.4, 0.5) is 5.95 Å². The summed E-state index contributed by atoms with van der Waals surface area (Å²) >= 11 is 0. The third-order valence-electron chi connectivity index (χ3n) is 2.71. The average molecular weight is 349 g/mol. The van der Waals surface area contributed by atoms with Crippen molar-refractivity contribution < 1.29 is 29.0 Å². The number of nitrogens with zero attached hydrogens (tertiary/aromatic N) is 3. The summed E-state index contributed by atoms with van der Waals surface area (Å²) in [5, 5.41) is 9.28. The van der Waals surface area contributed by atoms with Gasteiger partial charge in [0.05, 0.1) is 13.2 Å². The molecule has 0 fully saturated rings. The van der Waals surface area contributed by atoms with Gasteiger partial charge in [0, 0.05) is 6.42 Å². The summed E-state index contributed by atoms with van der Waals surface area (Å²) in [7, 11) is -4.24. The average Bonchev–Trinajstić information content (AvgIpc) is 2.84. The highest BCUT2D eigenvalue weighted by molar-refractivity contribution is 7.51. The number of aromatic amines is 1. The standard InChI is InChI=1S/C10H16N5O7P/c11-10-13-8-7(9(17)14-10)12-4-15(8)22-6(3-16)1-2-21-5-23(18,19)20/h4,6,16H,1-3,5H2,(H2,18,19,20)(H3,11,13,14,17). The molecule has 1 atom stereocenters. The van der Waals surface area contributed by atoms with E-state index < -0.39 is 32.2 Å². The lowest BCUT2D eigenvalue weighted by molar-refractivity contribution is -0.0123. The molecule has 128 valence electrons. The number of imidazole rings is 1. The van der Waals surface area contributed by atoms with Gasteiger partial charge in [0.2, 0.25) is 11.6 Å². The van der Waals surface area contributed by atoms with Crippen molar-refractivity contribution in [3.63, 3.8) is 0 Å². The monoisotopic (exact) mass is 349 g/mol. The molecule has 0 aliphatic carbocycles. The van der Waals surface area contributed by atoms with E-state index in [1.165, 1.54) is 6.33 Å². The van der Waals surface area contributed by atoms with E-state index in [0.29, 0.717) is 0 Å². The lowest BCUT2D eigenvalue weighted by Crippen LogP contribution is -2.30.